The minimum atomic E-state index is -4.46. The van der Waals surface area contributed by atoms with Crippen molar-refractivity contribution in [1.82, 2.24) is 0 Å². The number of halogens is 5. The quantitative estimate of drug-likeness (QED) is 0.868. The summed E-state index contributed by atoms with van der Waals surface area (Å²) in [6.45, 7) is 2.84. The molecule has 6 heteroatoms. The Bertz CT molecular complexity index is 416. The predicted molar refractivity (Wildman–Crippen MR) is 63.5 cm³/mol. The molecule has 0 fully saturated rings. The molecule has 0 saturated heterocycles. The van der Waals surface area contributed by atoms with Crippen molar-refractivity contribution in [3.8, 4) is 0 Å². The first-order valence-electron chi connectivity index (χ1n) is 4.84. The zero-order valence-corrected chi connectivity index (χ0v) is 10.8. The van der Waals surface area contributed by atoms with Gasteiger partial charge in [0.25, 0.3) is 0 Å². The summed E-state index contributed by atoms with van der Waals surface area (Å²) in [5.74, 6) is 0. The Morgan fingerprint density at radius 1 is 1.12 bits per heavy atom. The molecule has 1 aromatic carbocycles. The molecule has 0 saturated carbocycles. The van der Waals surface area contributed by atoms with E-state index in [4.69, 9.17) is 28.9 Å². The summed E-state index contributed by atoms with van der Waals surface area (Å²) in [6, 6.07) is 2.41. The maximum atomic E-state index is 12.6. The van der Waals surface area contributed by atoms with Crippen molar-refractivity contribution < 1.29 is 13.2 Å². The standard InChI is InChI=1S/C11H12Cl2F3N/c1-10(2,9(17)11(14,15)16)6-3-4-7(12)8(13)5-6/h3-5,9H,17H2,1-2H3. The molecule has 1 nitrogen and oxygen atoms in total. The third-order valence-electron chi connectivity index (χ3n) is 2.79. The van der Waals surface area contributed by atoms with Crippen molar-refractivity contribution in [3.63, 3.8) is 0 Å². The molecular formula is C11H12Cl2F3N. The van der Waals surface area contributed by atoms with Crippen molar-refractivity contribution in [1.29, 1.82) is 0 Å². The lowest BCUT2D eigenvalue weighted by atomic mass is 9.78. The van der Waals surface area contributed by atoms with E-state index in [2.05, 4.69) is 0 Å². The molecule has 0 aliphatic carbocycles. The van der Waals surface area contributed by atoms with E-state index in [1.54, 1.807) is 0 Å². The van der Waals surface area contributed by atoms with Crippen LogP contribution in [0.25, 0.3) is 0 Å². The fourth-order valence-corrected chi connectivity index (χ4v) is 1.78. The fraction of sp³-hybridized carbons (Fsp3) is 0.455. The van der Waals surface area contributed by atoms with Gasteiger partial charge in [-0.1, -0.05) is 43.1 Å². The summed E-state index contributed by atoms with van der Waals surface area (Å²) in [5.41, 5.74) is 4.38. The Labute approximate surface area is 108 Å². The van der Waals surface area contributed by atoms with Crippen molar-refractivity contribution in [3.05, 3.63) is 33.8 Å². The topological polar surface area (TPSA) is 26.0 Å². The molecule has 1 aromatic rings. The highest BCUT2D eigenvalue weighted by Gasteiger charge is 2.47. The zero-order chi connectivity index (χ0) is 13.4. The van der Waals surface area contributed by atoms with Gasteiger partial charge < -0.3 is 5.73 Å². The number of hydrogen-bond donors (Lipinski definition) is 1. The van der Waals surface area contributed by atoms with Crippen LogP contribution in [0.15, 0.2) is 18.2 Å². The van der Waals surface area contributed by atoms with E-state index in [9.17, 15) is 13.2 Å². The Morgan fingerprint density at radius 3 is 2.06 bits per heavy atom. The van der Waals surface area contributed by atoms with Crippen molar-refractivity contribution in [2.45, 2.75) is 31.5 Å². The van der Waals surface area contributed by atoms with Crippen LogP contribution in [0.5, 0.6) is 0 Å². The van der Waals surface area contributed by atoms with Gasteiger partial charge in [0.1, 0.15) is 6.04 Å². The first-order chi connectivity index (χ1) is 7.56. The van der Waals surface area contributed by atoms with E-state index in [0.29, 0.717) is 10.6 Å². The summed E-state index contributed by atoms with van der Waals surface area (Å²) >= 11 is 11.5. The van der Waals surface area contributed by atoms with Crippen molar-refractivity contribution in [2.24, 2.45) is 5.73 Å². The molecule has 0 aliphatic heterocycles. The molecule has 0 bridgehead atoms. The summed E-state index contributed by atoms with van der Waals surface area (Å²) in [7, 11) is 0. The molecule has 2 N–H and O–H groups in total. The van der Waals surface area contributed by atoms with Crippen LogP contribution in [0.4, 0.5) is 13.2 Å². The van der Waals surface area contributed by atoms with Crippen LogP contribution in [0.3, 0.4) is 0 Å². The Balaban J connectivity index is 3.17. The van der Waals surface area contributed by atoms with Crippen LogP contribution in [0.2, 0.25) is 10.0 Å². The number of alkyl halides is 3. The fourth-order valence-electron chi connectivity index (χ4n) is 1.49. The molecule has 0 heterocycles. The second kappa shape index (κ2) is 4.67. The highest BCUT2D eigenvalue weighted by atomic mass is 35.5. The first kappa shape index (κ1) is 14.6. The molecule has 0 radical (unpaired) electrons. The average Bonchev–Trinajstić information content (AvgIpc) is 2.19. The van der Waals surface area contributed by atoms with Gasteiger partial charge >= 0.3 is 6.18 Å². The van der Waals surface area contributed by atoms with Crippen LogP contribution < -0.4 is 5.73 Å². The zero-order valence-electron chi connectivity index (χ0n) is 9.28. The van der Waals surface area contributed by atoms with E-state index < -0.39 is 17.6 Å². The monoisotopic (exact) mass is 285 g/mol. The van der Waals surface area contributed by atoms with Crippen LogP contribution in [-0.2, 0) is 5.41 Å². The molecule has 1 atom stereocenters. The second-order valence-corrected chi connectivity index (χ2v) is 5.18. The van der Waals surface area contributed by atoms with Gasteiger partial charge in [0.15, 0.2) is 0 Å². The van der Waals surface area contributed by atoms with Gasteiger partial charge in [0, 0.05) is 5.41 Å². The van der Waals surface area contributed by atoms with E-state index in [0.717, 1.165) is 0 Å². The summed E-state index contributed by atoms with van der Waals surface area (Å²) in [4.78, 5) is 0. The minimum absolute atomic E-state index is 0.214. The van der Waals surface area contributed by atoms with Crippen LogP contribution >= 0.6 is 23.2 Å². The molecule has 1 rings (SSSR count). The number of rotatable bonds is 2. The van der Waals surface area contributed by atoms with Gasteiger partial charge in [0.2, 0.25) is 0 Å². The van der Waals surface area contributed by atoms with Gasteiger partial charge in [-0.25, -0.2) is 0 Å². The lowest BCUT2D eigenvalue weighted by molar-refractivity contribution is -0.160. The van der Waals surface area contributed by atoms with Crippen LogP contribution in [-0.4, -0.2) is 12.2 Å². The normalized spacial score (nSPS) is 14.8. The third-order valence-corrected chi connectivity index (χ3v) is 3.53. The van der Waals surface area contributed by atoms with Crippen molar-refractivity contribution >= 4 is 23.2 Å². The molecule has 0 spiro atoms. The van der Waals surface area contributed by atoms with Crippen LogP contribution in [0.1, 0.15) is 19.4 Å². The predicted octanol–water partition coefficient (Wildman–Crippen LogP) is 4.16. The molecule has 0 aliphatic rings. The molecule has 1 unspecified atom stereocenters. The Kier molecular flexibility index (Phi) is 4.01. The molecule has 0 amide bonds. The molecule has 96 valence electrons. The van der Waals surface area contributed by atoms with E-state index in [1.165, 1.54) is 32.0 Å². The lowest BCUT2D eigenvalue weighted by Crippen LogP contribution is -2.51. The largest absolute Gasteiger partial charge is 0.404 e. The highest BCUT2D eigenvalue weighted by molar-refractivity contribution is 6.42. The second-order valence-electron chi connectivity index (χ2n) is 4.37. The van der Waals surface area contributed by atoms with Gasteiger partial charge in [-0.2, -0.15) is 13.2 Å². The maximum Gasteiger partial charge on any atom is 0.404 e. The molecular weight excluding hydrogens is 274 g/mol. The van der Waals surface area contributed by atoms with Gasteiger partial charge in [-0.15, -0.1) is 0 Å². The molecule has 17 heavy (non-hydrogen) atoms. The third kappa shape index (κ3) is 3.06. The summed E-state index contributed by atoms with van der Waals surface area (Å²) in [6.07, 6.45) is -4.46. The molecule has 0 aromatic heterocycles. The summed E-state index contributed by atoms with van der Waals surface area (Å²) in [5, 5.41) is 0.512. The smallest absolute Gasteiger partial charge is 0.319 e. The summed E-state index contributed by atoms with van der Waals surface area (Å²) < 4.78 is 37.9. The minimum Gasteiger partial charge on any atom is -0.319 e. The number of hydrogen-bond acceptors (Lipinski definition) is 1. The van der Waals surface area contributed by atoms with E-state index >= 15 is 0 Å². The van der Waals surface area contributed by atoms with Crippen LogP contribution in [0, 0.1) is 0 Å². The highest BCUT2D eigenvalue weighted by Crippen LogP contribution is 2.37. The first-order valence-corrected chi connectivity index (χ1v) is 5.60. The Hall–Kier alpha value is -0.450. The van der Waals surface area contributed by atoms with E-state index in [1.807, 2.05) is 0 Å². The average molecular weight is 286 g/mol. The van der Waals surface area contributed by atoms with Gasteiger partial charge in [-0.05, 0) is 17.7 Å². The SMILES string of the molecule is CC(C)(c1ccc(Cl)c(Cl)c1)C(N)C(F)(F)F. The number of benzene rings is 1. The number of nitrogens with two attached hydrogens (primary N) is 1. The van der Waals surface area contributed by atoms with Crippen molar-refractivity contribution in [2.75, 3.05) is 0 Å². The van der Waals surface area contributed by atoms with E-state index in [-0.39, 0.29) is 5.02 Å². The maximum absolute atomic E-state index is 12.6. The van der Waals surface area contributed by atoms with Gasteiger partial charge in [-0.3, -0.25) is 0 Å². The Morgan fingerprint density at radius 2 is 1.65 bits per heavy atom. The lowest BCUT2D eigenvalue weighted by Gasteiger charge is -2.33. The van der Waals surface area contributed by atoms with Gasteiger partial charge in [0.05, 0.1) is 10.0 Å².